The summed E-state index contributed by atoms with van der Waals surface area (Å²) in [6, 6.07) is 0. The standard InChI is InChI=1S/C8H14N2/c1-7(2)4-5-8(3)10-6-9/h4-7H,3H2,1-2H3,(H2,9,10)/b5-4-. The number of hydrogen-bond acceptors (Lipinski definition) is 1. The van der Waals surface area contributed by atoms with Gasteiger partial charge in [0, 0.05) is 0 Å². The second kappa shape index (κ2) is 4.79. The third kappa shape index (κ3) is 5.09. The molecule has 0 unspecified atom stereocenters. The van der Waals surface area contributed by atoms with Crippen LogP contribution in [0, 0.1) is 5.92 Å². The minimum Gasteiger partial charge on any atom is -0.390 e. The number of allylic oxidation sites excluding steroid dienone is 2. The van der Waals surface area contributed by atoms with Crippen molar-refractivity contribution in [3.63, 3.8) is 0 Å². The first-order valence-corrected chi connectivity index (χ1v) is 3.28. The van der Waals surface area contributed by atoms with Crippen LogP contribution < -0.4 is 5.73 Å². The fraction of sp³-hybridized carbons (Fsp3) is 0.375. The zero-order chi connectivity index (χ0) is 7.98. The number of rotatable bonds is 3. The van der Waals surface area contributed by atoms with Crippen molar-refractivity contribution in [2.45, 2.75) is 13.8 Å². The Kier molecular flexibility index (Phi) is 4.29. The molecule has 0 spiro atoms. The van der Waals surface area contributed by atoms with Gasteiger partial charge in [-0.15, -0.1) is 0 Å². The van der Waals surface area contributed by atoms with Crippen molar-refractivity contribution in [3.8, 4) is 0 Å². The van der Waals surface area contributed by atoms with Crippen molar-refractivity contribution >= 4 is 6.34 Å². The number of nitrogens with zero attached hydrogens (tertiary/aromatic N) is 1. The van der Waals surface area contributed by atoms with E-state index in [0.717, 1.165) is 0 Å². The van der Waals surface area contributed by atoms with Crippen molar-refractivity contribution in [2.24, 2.45) is 16.6 Å². The maximum Gasteiger partial charge on any atom is 0.0859 e. The Labute approximate surface area is 62.1 Å². The van der Waals surface area contributed by atoms with E-state index < -0.39 is 0 Å². The first-order chi connectivity index (χ1) is 4.66. The molecule has 0 aliphatic carbocycles. The van der Waals surface area contributed by atoms with Gasteiger partial charge in [-0.3, -0.25) is 0 Å². The molecule has 0 aromatic rings. The third-order valence-electron chi connectivity index (χ3n) is 0.914. The molecule has 0 saturated carbocycles. The van der Waals surface area contributed by atoms with Gasteiger partial charge in [0.25, 0.3) is 0 Å². The molecule has 2 N–H and O–H groups in total. The summed E-state index contributed by atoms with van der Waals surface area (Å²) >= 11 is 0. The van der Waals surface area contributed by atoms with E-state index in [4.69, 9.17) is 5.73 Å². The van der Waals surface area contributed by atoms with E-state index in [9.17, 15) is 0 Å². The Morgan fingerprint density at radius 2 is 2.20 bits per heavy atom. The molecular weight excluding hydrogens is 124 g/mol. The monoisotopic (exact) mass is 138 g/mol. The van der Waals surface area contributed by atoms with Gasteiger partial charge in [-0.1, -0.05) is 26.5 Å². The average molecular weight is 138 g/mol. The predicted octanol–water partition coefficient (Wildman–Crippen LogP) is 1.70. The molecule has 0 bridgehead atoms. The molecule has 10 heavy (non-hydrogen) atoms. The van der Waals surface area contributed by atoms with Gasteiger partial charge in [0.15, 0.2) is 0 Å². The molecule has 56 valence electrons. The Morgan fingerprint density at radius 1 is 1.60 bits per heavy atom. The van der Waals surface area contributed by atoms with E-state index in [-0.39, 0.29) is 0 Å². The largest absolute Gasteiger partial charge is 0.390 e. The zero-order valence-electron chi connectivity index (χ0n) is 6.54. The topological polar surface area (TPSA) is 38.4 Å². The molecule has 0 aliphatic heterocycles. The SMILES string of the molecule is C=C(/C=C\C(C)C)N=CN. The summed E-state index contributed by atoms with van der Waals surface area (Å²) in [5, 5.41) is 0. The Hall–Kier alpha value is -1.05. The summed E-state index contributed by atoms with van der Waals surface area (Å²) in [6.07, 6.45) is 5.12. The molecule has 0 aliphatic rings. The fourth-order valence-corrected chi connectivity index (χ4v) is 0.442. The van der Waals surface area contributed by atoms with E-state index in [1.54, 1.807) is 0 Å². The summed E-state index contributed by atoms with van der Waals surface area (Å²) in [5.74, 6) is 0.532. The maximum absolute atomic E-state index is 5.05. The first-order valence-electron chi connectivity index (χ1n) is 3.28. The molecule has 0 saturated heterocycles. The normalized spacial score (nSPS) is 11.9. The molecule has 2 nitrogen and oxygen atoms in total. The number of nitrogens with two attached hydrogens (primary N) is 1. The van der Waals surface area contributed by atoms with Crippen LogP contribution in [0.4, 0.5) is 0 Å². The molecule has 0 fully saturated rings. The average Bonchev–Trinajstić information content (AvgIpc) is 1.85. The van der Waals surface area contributed by atoms with Crippen molar-refractivity contribution in [2.75, 3.05) is 0 Å². The minimum absolute atomic E-state index is 0.532. The van der Waals surface area contributed by atoms with Gasteiger partial charge >= 0.3 is 0 Å². The summed E-state index contributed by atoms with van der Waals surface area (Å²) in [4.78, 5) is 3.77. The summed E-state index contributed by atoms with van der Waals surface area (Å²) in [5.41, 5.74) is 5.74. The van der Waals surface area contributed by atoms with Crippen LogP contribution in [-0.4, -0.2) is 6.34 Å². The Bertz CT molecular complexity index is 155. The zero-order valence-corrected chi connectivity index (χ0v) is 6.54. The van der Waals surface area contributed by atoms with E-state index in [1.807, 2.05) is 12.2 Å². The van der Waals surface area contributed by atoms with Crippen LogP contribution in [0.2, 0.25) is 0 Å². The predicted molar refractivity (Wildman–Crippen MR) is 45.8 cm³/mol. The van der Waals surface area contributed by atoms with Crippen molar-refractivity contribution in [1.82, 2.24) is 0 Å². The molecule has 0 rings (SSSR count). The van der Waals surface area contributed by atoms with Crippen LogP contribution in [0.25, 0.3) is 0 Å². The lowest BCUT2D eigenvalue weighted by molar-refractivity contribution is 0.830. The number of aliphatic imine (C=N–C) groups is 1. The van der Waals surface area contributed by atoms with Crippen LogP contribution in [0.1, 0.15) is 13.8 Å². The fourth-order valence-electron chi connectivity index (χ4n) is 0.442. The van der Waals surface area contributed by atoms with Gasteiger partial charge < -0.3 is 5.73 Å². The lowest BCUT2D eigenvalue weighted by Crippen LogP contribution is -1.88. The quantitative estimate of drug-likeness (QED) is 0.360. The van der Waals surface area contributed by atoms with Gasteiger partial charge in [0.05, 0.1) is 12.0 Å². The van der Waals surface area contributed by atoms with E-state index >= 15 is 0 Å². The lowest BCUT2D eigenvalue weighted by atomic mass is 10.2. The Morgan fingerprint density at radius 3 is 2.60 bits per heavy atom. The van der Waals surface area contributed by atoms with Gasteiger partial charge in [0.1, 0.15) is 0 Å². The molecule has 0 radical (unpaired) electrons. The van der Waals surface area contributed by atoms with Gasteiger partial charge in [0.2, 0.25) is 0 Å². The molecule has 0 aromatic carbocycles. The van der Waals surface area contributed by atoms with Crippen LogP contribution in [-0.2, 0) is 0 Å². The van der Waals surface area contributed by atoms with Crippen molar-refractivity contribution < 1.29 is 0 Å². The summed E-state index contributed by atoms with van der Waals surface area (Å²) < 4.78 is 0. The number of hydrogen-bond donors (Lipinski definition) is 1. The maximum atomic E-state index is 5.05. The highest BCUT2D eigenvalue weighted by molar-refractivity contribution is 5.54. The van der Waals surface area contributed by atoms with Crippen LogP contribution in [0.3, 0.4) is 0 Å². The third-order valence-corrected chi connectivity index (χ3v) is 0.914. The molecule has 0 aromatic heterocycles. The van der Waals surface area contributed by atoms with E-state index in [2.05, 4.69) is 25.4 Å². The summed E-state index contributed by atoms with van der Waals surface area (Å²) in [6.45, 7) is 7.84. The molecule has 2 heteroatoms. The van der Waals surface area contributed by atoms with Gasteiger partial charge in [-0.2, -0.15) is 0 Å². The second-order valence-electron chi connectivity index (χ2n) is 2.37. The lowest BCUT2D eigenvalue weighted by Gasteiger charge is -1.92. The smallest absolute Gasteiger partial charge is 0.0859 e. The molecular formula is C8H14N2. The van der Waals surface area contributed by atoms with Crippen molar-refractivity contribution in [1.29, 1.82) is 0 Å². The molecule has 0 atom stereocenters. The van der Waals surface area contributed by atoms with Crippen molar-refractivity contribution in [3.05, 3.63) is 24.4 Å². The first kappa shape index (κ1) is 8.95. The van der Waals surface area contributed by atoms with E-state index in [0.29, 0.717) is 11.6 Å². The highest BCUT2D eigenvalue weighted by Crippen LogP contribution is 1.98. The molecule has 0 amide bonds. The van der Waals surface area contributed by atoms with Crippen LogP contribution in [0.15, 0.2) is 29.4 Å². The van der Waals surface area contributed by atoms with E-state index in [1.165, 1.54) is 6.34 Å². The van der Waals surface area contributed by atoms with Gasteiger partial charge in [-0.05, 0) is 12.0 Å². The summed E-state index contributed by atoms with van der Waals surface area (Å²) in [7, 11) is 0. The van der Waals surface area contributed by atoms with Crippen LogP contribution >= 0.6 is 0 Å². The highest BCUT2D eigenvalue weighted by Gasteiger charge is 1.83. The van der Waals surface area contributed by atoms with Crippen LogP contribution in [0.5, 0.6) is 0 Å². The minimum atomic E-state index is 0.532. The molecule has 0 heterocycles. The second-order valence-corrected chi connectivity index (χ2v) is 2.37. The Balaban J connectivity index is 3.78. The van der Waals surface area contributed by atoms with Gasteiger partial charge in [-0.25, -0.2) is 4.99 Å². The highest BCUT2D eigenvalue weighted by atomic mass is 14.8.